The van der Waals surface area contributed by atoms with Crippen molar-refractivity contribution in [3.63, 3.8) is 0 Å². The Morgan fingerprint density at radius 1 is 0.324 bits per heavy atom. The standard InChI is InChI=1S/C29H34ClNO7.C26H34ClNO7.C25H32ClNO8.C25H34ClNO7/c1-3-31(20-8-6-5-7-9-20)25(18-10-13-21(14-11-18)37-4-2)22-16-19(12-15-23(22)30)29(36)28(35)27(34)26(33)24(17-32)38-29;1-2-34-18-9-6-16(7-10-18)22(28-12-4-3-5-13-28)19-14-17(8-11-20(19)27)26(33)25(32)24(31)23(30)21(15-29)35-26;1-2-34-17-6-3-15(4-7-17)21(27-9-11-33-12-10-27)18-13-16(5-8-19(18)26)25(32)24(31)23(30)22(29)20(14-28)35-25;1-4-27(5-2)21(15-7-10-17(11-8-15)33-6-3)18-13-16(9-12-19(18)26)25(32)24(31)23(30)22(29)20(14-28)34-25/h5-16,24-28,32-36H,3-4,17H2,1-2H3;6-11,14,21-25,29-33H,2-5,12-13,15H2,1H3;3-8,13,20-24,28-32H,2,9-12,14H2,1H3;7-13,20-24,28-32H,4-6,14H2,1-3H3/t24-,25?,26-,27+,28-,29+;21-,22?,23-,24+,25-,26+;2*20-,21?,22-,23+,24-,25+/m1111/s1. The zero-order chi connectivity index (χ0) is 103. The average Bonchev–Trinajstić information content (AvgIpc) is 0.759. The summed E-state index contributed by atoms with van der Waals surface area (Å²) in [4.78, 5) is 8.89. The summed E-state index contributed by atoms with van der Waals surface area (Å²) in [5, 5.41) is 210. The highest BCUT2D eigenvalue weighted by Crippen LogP contribution is 2.49. The van der Waals surface area contributed by atoms with Gasteiger partial charge in [0, 0.05) is 67.7 Å². The Bertz CT molecular complexity index is 5250. The van der Waals surface area contributed by atoms with Gasteiger partial charge >= 0.3 is 0 Å². The minimum atomic E-state index is -2.40. The van der Waals surface area contributed by atoms with E-state index in [1.54, 1.807) is 48.5 Å². The van der Waals surface area contributed by atoms with E-state index in [1.165, 1.54) is 24.3 Å². The van der Waals surface area contributed by atoms with Crippen molar-refractivity contribution < 1.29 is 145 Å². The van der Waals surface area contributed by atoms with Gasteiger partial charge in [-0.2, -0.15) is 0 Å². The van der Waals surface area contributed by atoms with Gasteiger partial charge < -0.3 is 150 Å². The van der Waals surface area contributed by atoms with E-state index >= 15 is 0 Å². The van der Waals surface area contributed by atoms with Crippen LogP contribution in [-0.2, 0) is 46.8 Å². The van der Waals surface area contributed by atoms with Crippen LogP contribution in [0.3, 0.4) is 0 Å². The number of ether oxygens (including phenoxy) is 9. The third kappa shape index (κ3) is 24.8. The van der Waals surface area contributed by atoms with E-state index in [0.717, 1.165) is 96.4 Å². The van der Waals surface area contributed by atoms with Gasteiger partial charge in [-0.1, -0.05) is 158 Å². The molecule has 0 saturated carbocycles. The Hall–Kier alpha value is -7.98. The van der Waals surface area contributed by atoms with Gasteiger partial charge in [-0.25, -0.2) is 0 Å². The van der Waals surface area contributed by atoms with E-state index in [1.807, 2.05) is 176 Å². The second kappa shape index (κ2) is 51.1. The summed E-state index contributed by atoms with van der Waals surface area (Å²) >= 11 is 26.8. The summed E-state index contributed by atoms with van der Waals surface area (Å²) < 4.78 is 50.0. The predicted molar refractivity (Wildman–Crippen MR) is 529 cm³/mol. The van der Waals surface area contributed by atoms with Crippen LogP contribution < -0.4 is 23.8 Å². The molecule has 24 atom stereocenters. The van der Waals surface area contributed by atoms with Gasteiger partial charge in [0.25, 0.3) is 0 Å². The van der Waals surface area contributed by atoms with Crippen LogP contribution in [0, 0.1) is 0 Å². The van der Waals surface area contributed by atoms with Crippen molar-refractivity contribution in [2.45, 2.75) is 213 Å². The summed E-state index contributed by atoms with van der Waals surface area (Å²) in [6, 6.07) is 58.4. The van der Waals surface area contributed by atoms with E-state index < -0.39 is 153 Å². The number of para-hydroxylation sites is 1. The molecule has 6 aliphatic heterocycles. The van der Waals surface area contributed by atoms with E-state index in [0.29, 0.717) is 102 Å². The summed E-state index contributed by atoms with van der Waals surface area (Å²) in [5.74, 6) is -6.50. The first-order chi connectivity index (χ1) is 68.0. The Morgan fingerprint density at radius 3 is 0.887 bits per heavy atom. The molecular formula is C105H134Cl4N4O29. The number of aliphatic hydroxyl groups is 20. The van der Waals surface area contributed by atoms with Crippen LogP contribution in [0.25, 0.3) is 0 Å². The minimum absolute atomic E-state index is 0.119. The highest BCUT2D eigenvalue weighted by Gasteiger charge is 2.58. The van der Waals surface area contributed by atoms with Crippen molar-refractivity contribution in [2.75, 3.05) is 117 Å². The summed E-state index contributed by atoms with van der Waals surface area (Å²) in [7, 11) is 0. The van der Waals surface area contributed by atoms with Gasteiger partial charge in [0.1, 0.15) is 121 Å². The van der Waals surface area contributed by atoms with E-state index in [9.17, 15) is 102 Å². The number of morpholine rings is 1. The topological polar surface area (TPSA) is 501 Å². The summed E-state index contributed by atoms with van der Waals surface area (Å²) in [6.45, 7) is 19.6. The number of hydrogen-bond donors (Lipinski definition) is 20. The molecule has 4 unspecified atom stereocenters. The fraction of sp³-hybridized carbons (Fsp3) is 0.486. The first-order valence-electron chi connectivity index (χ1n) is 48.0. The quantitative estimate of drug-likeness (QED) is 0.0194. The number of anilines is 1. The molecule has 20 N–H and O–H groups in total. The number of benzene rings is 9. The molecule has 6 saturated heterocycles. The third-order valence-corrected chi connectivity index (χ3v) is 28.2. The normalized spacial score (nSPS) is 28.9. The number of likely N-dealkylation sites (tertiary alicyclic amines) is 1. The van der Waals surface area contributed by atoms with Gasteiger partial charge in [-0.05, 0) is 227 Å². The highest BCUT2D eigenvalue weighted by atomic mass is 35.5. The van der Waals surface area contributed by atoms with Crippen LogP contribution in [0.5, 0.6) is 23.0 Å². The maximum atomic E-state index is 11.4. The molecule has 142 heavy (non-hydrogen) atoms. The van der Waals surface area contributed by atoms with Gasteiger partial charge in [0.2, 0.25) is 23.1 Å². The van der Waals surface area contributed by atoms with Crippen LogP contribution in [0.4, 0.5) is 5.69 Å². The molecule has 15 rings (SSSR count). The maximum absolute atomic E-state index is 11.4. The monoisotopic (exact) mass is 2050 g/mol. The van der Waals surface area contributed by atoms with E-state index in [-0.39, 0.29) is 40.4 Å². The largest absolute Gasteiger partial charge is 0.494 e. The molecule has 6 fully saturated rings. The second-order valence-corrected chi connectivity index (χ2v) is 37.1. The van der Waals surface area contributed by atoms with E-state index in [2.05, 4.69) is 19.6 Å². The average molecular weight is 2060 g/mol. The fourth-order valence-corrected chi connectivity index (χ4v) is 20.0. The third-order valence-electron chi connectivity index (χ3n) is 26.8. The lowest BCUT2D eigenvalue weighted by Gasteiger charge is -2.46. The van der Waals surface area contributed by atoms with Crippen molar-refractivity contribution in [3.8, 4) is 23.0 Å². The Morgan fingerprint density at radius 2 is 0.599 bits per heavy atom. The number of piperidine rings is 1. The Kier molecular flexibility index (Phi) is 40.6. The molecule has 9 aromatic carbocycles. The zero-order valence-electron chi connectivity index (χ0n) is 80.2. The van der Waals surface area contributed by atoms with Crippen LogP contribution in [0.1, 0.15) is 159 Å². The number of rotatable bonds is 32. The SMILES string of the molecule is CCOc1ccc(C(c2cc([C@]3(O)O[C@H](CO)[C@@H](O)[C@H](O)[C@H]3O)ccc2Cl)N(CC)CC)cc1.CCOc1ccc(C(c2cc([C@]3(O)O[C@H](CO)[C@@H](O)[C@H](O)[C@H]3O)ccc2Cl)N(CC)c2ccccc2)cc1.CCOc1ccc(C(c2cc([C@]3(O)O[C@H](CO)[C@@H](O)[C@H](O)[C@H]3O)ccc2Cl)N2CCCCC2)cc1.CCOc1ccc(C(c2cc([C@]3(O)O[C@H](CO)[C@@H](O)[C@H](O)[C@H]3O)ccc2Cl)N2CCOCC2)cc1. The fourth-order valence-electron chi connectivity index (χ4n) is 19.1. The molecule has 6 heterocycles. The number of aliphatic hydroxyl groups excluding tert-OH is 16. The van der Waals surface area contributed by atoms with Crippen LogP contribution in [0.2, 0.25) is 20.1 Å². The smallest absolute Gasteiger partial charge is 0.222 e. The molecule has 0 bridgehead atoms. The summed E-state index contributed by atoms with van der Waals surface area (Å²) in [5.41, 5.74) is 7.95. The lowest BCUT2D eigenvalue weighted by atomic mass is 9.86. The molecule has 0 spiro atoms. The van der Waals surface area contributed by atoms with Crippen LogP contribution in [0.15, 0.2) is 200 Å². The Labute approximate surface area is 846 Å². The van der Waals surface area contributed by atoms with E-state index in [4.69, 9.17) is 89.0 Å². The zero-order valence-corrected chi connectivity index (χ0v) is 83.2. The van der Waals surface area contributed by atoms with Crippen molar-refractivity contribution in [2.24, 2.45) is 0 Å². The molecule has 0 radical (unpaired) electrons. The molecule has 9 aromatic rings. The van der Waals surface area contributed by atoms with Gasteiger partial charge in [0.15, 0.2) is 0 Å². The molecule has 6 aliphatic rings. The molecule has 0 aliphatic carbocycles. The predicted octanol–water partition coefficient (Wildman–Crippen LogP) is 7.47. The maximum Gasteiger partial charge on any atom is 0.222 e. The molecule has 33 nitrogen and oxygen atoms in total. The molecule has 0 amide bonds. The minimum Gasteiger partial charge on any atom is -0.494 e. The number of nitrogens with zero attached hydrogens (tertiary/aromatic N) is 4. The lowest BCUT2D eigenvalue weighted by Crippen LogP contribution is -2.63. The first-order valence-corrected chi connectivity index (χ1v) is 49.5. The van der Waals surface area contributed by atoms with Gasteiger partial charge in [-0.15, -0.1) is 0 Å². The van der Waals surface area contributed by atoms with Gasteiger partial charge in [-0.3, -0.25) is 14.7 Å². The number of hydrogen-bond acceptors (Lipinski definition) is 33. The summed E-state index contributed by atoms with van der Waals surface area (Å²) in [6.07, 6.45) is -22.5. The Balaban J connectivity index is 0.000000169. The van der Waals surface area contributed by atoms with Crippen LogP contribution in [-0.4, -0.2) is 326 Å². The molecular weight excluding hydrogens is 1920 g/mol. The van der Waals surface area contributed by atoms with Crippen molar-refractivity contribution >= 4 is 52.1 Å². The van der Waals surface area contributed by atoms with Crippen molar-refractivity contribution in [3.05, 3.63) is 287 Å². The van der Waals surface area contributed by atoms with Gasteiger partial charge in [0.05, 0.1) is 90.2 Å². The number of halogens is 4. The first kappa shape index (κ1) is 113. The van der Waals surface area contributed by atoms with Crippen molar-refractivity contribution in [1.82, 2.24) is 14.7 Å². The molecule has 37 heteroatoms. The molecule has 776 valence electrons. The molecule has 0 aromatic heterocycles. The highest BCUT2D eigenvalue weighted by molar-refractivity contribution is 6.32. The van der Waals surface area contributed by atoms with Crippen LogP contribution >= 0.6 is 46.4 Å². The van der Waals surface area contributed by atoms with Crippen molar-refractivity contribution in [1.29, 1.82) is 0 Å². The lowest BCUT2D eigenvalue weighted by molar-refractivity contribution is -0.358. The second-order valence-electron chi connectivity index (χ2n) is 35.5.